The van der Waals surface area contributed by atoms with E-state index in [0.29, 0.717) is 31.2 Å². The molecule has 5 aromatic carbocycles. The summed E-state index contributed by atoms with van der Waals surface area (Å²) in [5, 5.41) is 2.15. The molecule has 2 aliphatic rings. The molecule has 0 unspecified atom stereocenters. The minimum atomic E-state index is -3.53. The molecule has 56 heavy (non-hydrogen) atoms. The van der Waals surface area contributed by atoms with Crippen LogP contribution in [0.4, 0.5) is 0 Å². The lowest BCUT2D eigenvalue weighted by atomic mass is 9.93. The number of rotatable bonds is 11. The average Bonchev–Trinajstić information content (AvgIpc) is 4.05. The SMILES string of the molecule is O=S(=O)(Cc1ccccc1)N1CCC[C@H]1c1ncc(-c2ccc(-c3ccc(-c4cnc([C@@H]5CCCN5S(=O)(=O)Cc5ccccc5)[nH]4)c4ccccc34)cc2)[nH]1. The van der Waals surface area contributed by atoms with E-state index in [1.54, 1.807) is 14.8 Å². The van der Waals surface area contributed by atoms with Gasteiger partial charge in [-0.05, 0) is 64.3 Å². The smallest absolute Gasteiger partial charge is 0.218 e. The molecule has 2 atom stereocenters. The number of hydrogen-bond donors (Lipinski definition) is 2. The van der Waals surface area contributed by atoms with Gasteiger partial charge in [-0.15, -0.1) is 0 Å². The molecule has 0 bridgehead atoms. The van der Waals surface area contributed by atoms with Crippen molar-refractivity contribution in [3.8, 4) is 33.6 Å². The summed E-state index contributed by atoms with van der Waals surface area (Å²) in [6, 6.07) is 38.8. The summed E-state index contributed by atoms with van der Waals surface area (Å²) in [5.74, 6) is 1.26. The van der Waals surface area contributed by atoms with Gasteiger partial charge in [0.15, 0.2) is 0 Å². The number of H-pyrrole nitrogens is 2. The van der Waals surface area contributed by atoms with Crippen molar-refractivity contribution in [3.63, 3.8) is 0 Å². The van der Waals surface area contributed by atoms with Crippen LogP contribution in [0.2, 0.25) is 0 Å². The monoisotopic (exact) mass is 782 g/mol. The molecule has 2 N–H and O–H groups in total. The van der Waals surface area contributed by atoms with Crippen molar-refractivity contribution in [1.82, 2.24) is 28.5 Å². The van der Waals surface area contributed by atoms with Gasteiger partial charge in [0.25, 0.3) is 0 Å². The number of hydrogen-bond acceptors (Lipinski definition) is 6. The molecule has 0 spiro atoms. The summed E-state index contributed by atoms with van der Waals surface area (Å²) in [6.07, 6.45) is 6.61. The van der Waals surface area contributed by atoms with E-state index < -0.39 is 20.0 Å². The first kappa shape index (κ1) is 36.3. The first-order valence-corrected chi connectivity index (χ1v) is 22.2. The fourth-order valence-electron chi connectivity index (χ4n) is 8.34. The van der Waals surface area contributed by atoms with Crippen LogP contribution in [0.5, 0.6) is 0 Å². The lowest BCUT2D eigenvalue weighted by Gasteiger charge is -2.22. The van der Waals surface area contributed by atoms with E-state index in [1.165, 1.54) is 0 Å². The standard InChI is InChI=1S/C44H42N6O4S2/c51-55(52,29-31-11-3-1-4-12-31)49-25-9-17-41(49)43-45-27-39(47-43)34-21-19-33(20-22-34)35-23-24-38(37-16-8-7-15-36(35)37)40-28-46-44(48-40)42-18-10-26-50(42)56(53,54)30-32-13-5-2-6-14-32/h1-8,11-16,19-24,27-28,41-42H,9-10,17-18,25-26,29-30H2,(H,45,47)(H,46,48)/t41-,42-/m0/s1. The minimum absolute atomic E-state index is 0.0286. The number of imidazole rings is 2. The molecule has 2 fully saturated rings. The molecular formula is C44H42N6O4S2. The van der Waals surface area contributed by atoms with Gasteiger partial charge < -0.3 is 9.97 Å². The third-order valence-corrected chi connectivity index (χ3v) is 14.7. The molecule has 4 heterocycles. The van der Waals surface area contributed by atoms with E-state index in [0.717, 1.165) is 74.8 Å². The Hall–Kier alpha value is -5.40. The molecule has 2 aliphatic heterocycles. The normalized spacial score (nSPS) is 18.2. The fraction of sp³-hybridized carbons (Fsp3) is 0.227. The molecule has 2 saturated heterocycles. The van der Waals surface area contributed by atoms with Crippen molar-refractivity contribution < 1.29 is 16.8 Å². The number of benzene rings is 5. The summed E-state index contributed by atoms with van der Waals surface area (Å²) in [5.41, 5.74) is 7.32. The second-order valence-electron chi connectivity index (χ2n) is 14.7. The van der Waals surface area contributed by atoms with Gasteiger partial charge in [0.2, 0.25) is 20.0 Å². The van der Waals surface area contributed by atoms with Gasteiger partial charge in [0.1, 0.15) is 11.6 Å². The fourth-order valence-corrected chi connectivity index (χ4v) is 11.9. The van der Waals surface area contributed by atoms with Crippen molar-refractivity contribution in [2.75, 3.05) is 13.1 Å². The van der Waals surface area contributed by atoms with Crippen molar-refractivity contribution in [1.29, 1.82) is 0 Å². The predicted molar refractivity (Wildman–Crippen MR) is 220 cm³/mol. The van der Waals surface area contributed by atoms with Crippen molar-refractivity contribution in [2.45, 2.75) is 49.3 Å². The lowest BCUT2D eigenvalue weighted by molar-refractivity contribution is 0.384. The van der Waals surface area contributed by atoms with Crippen LogP contribution < -0.4 is 0 Å². The van der Waals surface area contributed by atoms with Crippen LogP contribution in [0.1, 0.15) is 60.5 Å². The Balaban J connectivity index is 0.940. The van der Waals surface area contributed by atoms with E-state index in [9.17, 15) is 16.8 Å². The van der Waals surface area contributed by atoms with Gasteiger partial charge >= 0.3 is 0 Å². The van der Waals surface area contributed by atoms with Gasteiger partial charge in [0.05, 0.1) is 47.4 Å². The van der Waals surface area contributed by atoms with Crippen LogP contribution in [0, 0.1) is 0 Å². The minimum Gasteiger partial charge on any atom is -0.341 e. The zero-order chi connectivity index (χ0) is 38.3. The molecule has 284 valence electrons. The largest absolute Gasteiger partial charge is 0.341 e. The molecule has 2 aromatic heterocycles. The zero-order valence-corrected chi connectivity index (χ0v) is 32.4. The van der Waals surface area contributed by atoms with E-state index in [2.05, 4.69) is 63.5 Å². The first-order chi connectivity index (χ1) is 27.2. The molecular weight excluding hydrogens is 741 g/mol. The Morgan fingerprint density at radius 2 is 0.964 bits per heavy atom. The summed E-state index contributed by atoms with van der Waals surface area (Å²) in [7, 11) is -7.05. The Morgan fingerprint density at radius 1 is 0.518 bits per heavy atom. The summed E-state index contributed by atoms with van der Waals surface area (Å²) >= 11 is 0. The Bertz CT molecular complexity index is 2720. The topological polar surface area (TPSA) is 132 Å². The number of nitrogens with one attached hydrogen (secondary N) is 2. The van der Waals surface area contributed by atoms with Gasteiger partial charge in [-0.3, -0.25) is 0 Å². The van der Waals surface area contributed by atoms with Crippen LogP contribution in [0.3, 0.4) is 0 Å². The van der Waals surface area contributed by atoms with Crippen molar-refractivity contribution >= 4 is 30.8 Å². The summed E-state index contributed by atoms with van der Waals surface area (Å²) in [6.45, 7) is 0.962. The second-order valence-corrected chi connectivity index (χ2v) is 18.5. The van der Waals surface area contributed by atoms with Crippen LogP contribution in [-0.2, 0) is 31.6 Å². The first-order valence-electron chi connectivity index (χ1n) is 19.0. The molecule has 0 radical (unpaired) electrons. The van der Waals surface area contributed by atoms with Crippen molar-refractivity contribution in [3.05, 3.63) is 156 Å². The number of aromatic amines is 2. The third-order valence-electron chi connectivity index (χ3n) is 11.0. The van der Waals surface area contributed by atoms with E-state index in [1.807, 2.05) is 79.0 Å². The molecule has 10 nitrogen and oxygen atoms in total. The number of aromatic nitrogens is 4. The van der Waals surface area contributed by atoms with Crippen LogP contribution in [-0.4, -0.2) is 58.5 Å². The molecule has 7 aromatic rings. The maximum atomic E-state index is 13.5. The molecule has 9 rings (SSSR count). The highest BCUT2D eigenvalue weighted by molar-refractivity contribution is 7.88. The Kier molecular flexibility index (Phi) is 9.66. The van der Waals surface area contributed by atoms with Crippen LogP contribution in [0.25, 0.3) is 44.4 Å². The highest BCUT2D eigenvalue weighted by atomic mass is 32.2. The third kappa shape index (κ3) is 7.09. The summed E-state index contributed by atoms with van der Waals surface area (Å²) in [4.78, 5) is 16.3. The van der Waals surface area contributed by atoms with Crippen LogP contribution >= 0.6 is 0 Å². The quantitative estimate of drug-likeness (QED) is 0.135. The lowest BCUT2D eigenvalue weighted by Crippen LogP contribution is -2.32. The molecule has 0 aliphatic carbocycles. The van der Waals surface area contributed by atoms with E-state index in [-0.39, 0.29) is 23.6 Å². The van der Waals surface area contributed by atoms with Gasteiger partial charge in [-0.2, -0.15) is 8.61 Å². The molecule has 12 heteroatoms. The summed E-state index contributed by atoms with van der Waals surface area (Å²) < 4.78 is 57.1. The highest BCUT2D eigenvalue weighted by Crippen LogP contribution is 2.39. The number of nitrogens with zero attached hydrogens (tertiary/aromatic N) is 4. The van der Waals surface area contributed by atoms with Crippen molar-refractivity contribution in [2.24, 2.45) is 0 Å². The number of sulfonamides is 2. The molecule has 0 saturated carbocycles. The second kappa shape index (κ2) is 14.9. The van der Waals surface area contributed by atoms with Gasteiger partial charge in [0, 0.05) is 18.7 Å². The van der Waals surface area contributed by atoms with E-state index in [4.69, 9.17) is 4.98 Å². The maximum absolute atomic E-state index is 13.5. The highest BCUT2D eigenvalue weighted by Gasteiger charge is 2.38. The van der Waals surface area contributed by atoms with Gasteiger partial charge in [-0.1, -0.05) is 121 Å². The van der Waals surface area contributed by atoms with E-state index >= 15 is 0 Å². The van der Waals surface area contributed by atoms with Crippen LogP contribution in [0.15, 0.2) is 134 Å². The van der Waals surface area contributed by atoms with Gasteiger partial charge in [-0.25, -0.2) is 26.8 Å². The Labute approximate surface area is 327 Å². The predicted octanol–water partition coefficient (Wildman–Crippen LogP) is 8.62. The average molecular weight is 783 g/mol. The molecule has 0 amide bonds. The zero-order valence-electron chi connectivity index (χ0n) is 30.8. The maximum Gasteiger partial charge on any atom is 0.218 e. The number of fused-ring (bicyclic) bond motifs is 1. The Morgan fingerprint density at radius 3 is 1.52 bits per heavy atom.